The van der Waals surface area contributed by atoms with E-state index in [1.165, 1.54) is 0 Å². The molecule has 0 radical (unpaired) electrons. The van der Waals surface area contributed by atoms with Crippen LogP contribution in [0.15, 0.2) is 34.3 Å². The highest BCUT2D eigenvalue weighted by atomic mass is 32.1. The average Bonchev–Trinajstić information content (AvgIpc) is 3.76. The summed E-state index contributed by atoms with van der Waals surface area (Å²) in [5, 5.41) is 7.02. The van der Waals surface area contributed by atoms with E-state index in [0.717, 1.165) is 40.4 Å². The average molecular weight is 615 g/mol. The molecular formula is C32H46N4O6S. The highest BCUT2D eigenvalue weighted by Crippen LogP contribution is 2.33. The summed E-state index contributed by atoms with van der Waals surface area (Å²) in [6.07, 6.45) is 1.40. The lowest BCUT2D eigenvalue weighted by Gasteiger charge is -2.29. The van der Waals surface area contributed by atoms with Crippen molar-refractivity contribution in [2.24, 2.45) is 5.92 Å². The molecule has 3 aromatic rings. The van der Waals surface area contributed by atoms with Gasteiger partial charge >= 0.3 is 0 Å². The number of amides is 2. The third-order valence-electron chi connectivity index (χ3n) is 7.23. The normalized spacial score (nSPS) is 15.3. The predicted octanol–water partition coefficient (Wildman–Crippen LogP) is 5.53. The minimum absolute atomic E-state index is 0.00579. The Hall–Kier alpha value is -3.28. The molecule has 1 aliphatic heterocycles. The van der Waals surface area contributed by atoms with Gasteiger partial charge in [0.2, 0.25) is 11.8 Å². The fourth-order valence-corrected chi connectivity index (χ4v) is 5.76. The Balaban J connectivity index is 0.00000119. The standard InChI is InChI=1S/C29H38N4O5S.C3H8O/c1-6-36-12-13-37-24-15-21(27-20(5)31-17-39-27)9-10-22(24)16-30-28(34)23-8-7-11-33(23)29(35)26(18(2)3)25-14-19(4)32-38-25;1-3-4-2/h9-10,14-15,17-18,23,26H,6-8,11-13,16H2,1-5H3,(H,30,34);3H2,1-2H3. The minimum atomic E-state index is -0.524. The zero-order valence-corrected chi connectivity index (χ0v) is 27.3. The fraction of sp³-hybridized carbons (Fsp3) is 0.562. The van der Waals surface area contributed by atoms with E-state index in [1.807, 2.05) is 65.3 Å². The van der Waals surface area contributed by atoms with E-state index in [1.54, 1.807) is 29.4 Å². The zero-order chi connectivity index (χ0) is 31.4. The Morgan fingerprint density at radius 2 is 1.93 bits per heavy atom. The summed E-state index contributed by atoms with van der Waals surface area (Å²) in [5.74, 6) is 0.505. The fourth-order valence-electron chi connectivity index (χ4n) is 4.96. The predicted molar refractivity (Wildman–Crippen MR) is 167 cm³/mol. The molecule has 1 fully saturated rings. The first-order valence-electron chi connectivity index (χ1n) is 15.0. The number of aromatic nitrogens is 2. The van der Waals surface area contributed by atoms with Crippen LogP contribution in [0.1, 0.15) is 69.2 Å². The Morgan fingerprint density at radius 1 is 1.16 bits per heavy atom. The molecule has 2 aromatic heterocycles. The molecule has 11 heteroatoms. The van der Waals surface area contributed by atoms with E-state index in [-0.39, 0.29) is 24.3 Å². The molecule has 1 aromatic carbocycles. The van der Waals surface area contributed by atoms with Crippen LogP contribution in [0.25, 0.3) is 10.4 Å². The van der Waals surface area contributed by atoms with Gasteiger partial charge in [0.25, 0.3) is 0 Å². The molecule has 0 aliphatic carbocycles. The molecule has 2 atom stereocenters. The number of aryl methyl sites for hydroxylation is 2. The molecule has 0 bridgehead atoms. The van der Waals surface area contributed by atoms with E-state index >= 15 is 0 Å². The number of nitrogens with one attached hydrogen (secondary N) is 1. The first kappa shape index (κ1) is 34.2. The quantitative estimate of drug-likeness (QED) is 0.250. The molecule has 2 unspecified atom stereocenters. The summed E-state index contributed by atoms with van der Waals surface area (Å²) in [6, 6.07) is 7.27. The van der Waals surface area contributed by atoms with Crippen LogP contribution in [-0.4, -0.2) is 73.0 Å². The maximum absolute atomic E-state index is 13.6. The Kier molecular flexibility index (Phi) is 13.6. The number of ether oxygens (including phenoxy) is 3. The summed E-state index contributed by atoms with van der Waals surface area (Å²) in [6.45, 7) is 14.8. The third kappa shape index (κ3) is 9.35. The van der Waals surface area contributed by atoms with Crippen LogP contribution >= 0.6 is 11.3 Å². The summed E-state index contributed by atoms with van der Waals surface area (Å²) in [5.41, 5.74) is 5.41. The lowest BCUT2D eigenvalue weighted by Crippen LogP contribution is -2.47. The van der Waals surface area contributed by atoms with Gasteiger partial charge in [-0.2, -0.15) is 0 Å². The molecule has 0 spiro atoms. The smallest absolute Gasteiger partial charge is 0.243 e. The molecule has 1 aliphatic rings. The van der Waals surface area contributed by atoms with Gasteiger partial charge in [-0.25, -0.2) is 4.98 Å². The van der Waals surface area contributed by atoms with Crippen LogP contribution in [0.4, 0.5) is 0 Å². The molecule has 10 nitrogen and oxygen atoms in total. The summed E-state index contributed by atoms with van der Waals surface area (Å²) in [4.78, 5) is 34.1. The van der Waals surface area contributed by atoms with Crippen molar-refractivity contribution in [2.75, 3.05) is 40.1 Å². The second-order valence-corrected chi connectivity index (χ2v) is 11.6. The van der Waals surface area contributed by atoms with Gasteiger partial charge in [-0.3, -0.25) is 9.59 Å². The van der Waals surface area contributed by atoms with Gasteiger partial charge in [-0.05, 0) is 58.1 Å². The maximum atomic E-state index is 13.6. The lowest BCUT2D eigenvalue weighted by molar-refractivity contribution is -0.140. The van der Waals surface area contributed by atoms with Gasteiger partial charge in [0.1, 0.15) is 30.1 Å². The highest BCUT2D eigenvalue weighted by Gasteiger charge is 2.40. The topological polar surface area (TPSA) is 116 Å². The SMILES string of the molecule is CCOC.CCOCCOc1cc(-c2scnc2C)ccc1CNC(=O)C1CCCN1C(=O)C(c1cc(C)no1)C(C)C. The van der Waals surface area contributed by atoms with E-state index in [9.17, 15) is 9.59 Å². The van der Waals surface area contributed by atoms with E-state index in [4.69, 9.17) is 14.0 Å². The molecule has 1 saturated heterocycles. The van der Waals surface area contributed by atoms with Crippen LogP contribution < -0.4 is 10.1 Å². The van der Waals surface area contributed by atoms with Crippen LogP contribution in [0, 0.1) is 19.8 Å². The van der Waals surface area contributed by atoms with Crippen LogP contribution in [0.3, 0.4) is 0 Å². The van der Waals surface area contributed by atoms with E-state index in [0.29, 0.717) is 44.3 Å². The number of benzene rings is 1. The number of carbonyl (C=O) groups excluding carboxylic acids is 2. The van der Waals surface area contributed by atoms with Gasteiger partial charge in [0.15, 0.2) is 0 Å². The van der Waals surface area contributed by atoms with Crippen molar-refractivity contribution in [3.05, 3.63) is 52.5 Å². The van der Waals surface area contributed by atoms with Crippen molar-refractivity contribution in [1.82, 2.24) is 20.4 Å². The highest BCUT2D eigenvalue weighted by molar-refractivity contribution is 7.13. The van der Waals surface area contributed by atoms with Crippen molar-refractivity contribution >= 4 is 23.2 Å². The zero-order valence-electron chi connectivity index (χ0n) is 26.5. The van der Waals surface area contributed by atoms with Gasteiger partial charge in [-0.15, -0.1) is 11.3 Å². The van der Waals surface area contributed by atoms with Crippen molar-refractivity contribution in [1.29, 1.82) is 0 Å². The Morgan fingerprint density at radius 3 is 2.53 bits per heavy atom. The first-order valence-corrected chi connectivity index (χ1v) is 15.8. The second-order valence-electron chi connectivity index (χ2n) is 10.7. The van der Waals surface area contributed by atoms with E-state index in [2.05, 4.69) is 20.2 Å². The molecule has 3 heterocycles. The second kappa shape index (κ2) is 17.1. The number of nitrogens with zero attached hydrogens (tertiary/aromatic N) is 3. The number of carbonyl (C=O) groups is 2. The van der Waals surface area contributed by atoms with Crippen molar-refractivity contribution in [3.63, 3.8) is 0 Å². The van der Waals surface area contributed by atoms with Crippen LogP contribution in [0.5, 0.6) is 5.75 Å². The number of rotatable bonds is 13. The van der Waals surface area contributed by atoms with Gasteiger partial charge in [0.05, 0.1) is 28.4 Å². The molecule has 0 saturated carbocycles. The van der Waals surface area contributed by atoms with E-state index < -0.39 is 12.0 Å². The molecule has 2 amide bonds. The number of methoxy groups -OCH3 is 1. The number of hydrogen-bond donors (Lipinski definition) is 1. The maximum Gasteiger partial charge on any atom is 0.243 e. The number of hydrogen-bond acceptors (Lipinski definition) is 9. The minimum Gasteiger partial charge on any atom is -0.491 e. The van der Waals surface area contributed by atoms with Gasteiger partial charge < -0.3 is 29.0 Å². The monoisotopic (exact) mass is 614 g/mol. The summed E-state index contributed by atoms with van der Waals surface area (Å²) < 4.78 is 21.5. The van der Waals surface area contributed by atoms with Crippen LogP contribution in [-0.2, 0) is 25.6 Å². The molecule has 43 heavy (non-hydrogen) atoms. The van der Waals surface area contributed by atoms with Gasteiger partial charge in [0, 0.05) is 45.0 Å². The molecule has 4 rings (SSSR count). The largest absolute Gasteiger partial charge is 0.491 e. The summed E-state index contributed by atoms with van der Waals surface area (Å²) >= 11 is 1.58. The molecule has 1 N–H and O–H groups in total. The summed E-state index contributed by atoms with van der Waals surface area (Å²) in [7, 11) is 1.68. The Labute approximate surface area is 259 Å². The van der Waals surface area contributed by atoms with Crippen molar-refractivity contribution < 1.29 is 28.3 Å². The number of thiazole rings is 1. The van der Waals surface area contributed by atoms with Gasteiger partial charge in [-0.1, -0.05) is 31.1 Å². The first-order chi connectivity index (χ1) is 20.7. The number of likely N-dealkylation sites (tertiary alicyclic amines) is 1. The molecular weight excluding hydrogens is 568 g/mol. The third-order valence-corrected chi connectivity index (χ3v) is 8.21. The van der Waals surface area contributed by atoms with Crippen LogP contribution in [0.2, 0.25) is 0 Å². The van der Waals surface area contributed by atoms with Crippen molar-refractivity contribution in [2.45, 2.75) is 72.9 Å². The Bertz CT molecular complexity index is 1300. The lowest BCUT2D eigenvalue weighted by atomic mass is 9.91. The molecule has 236 valence electrons. The van der Waals surface area contributed by atoms with Crippen molar-refractivity contribution in [3.8, 4) is 16.2 Å².